The number of ether oxygens (including phenoxy) is 1. The Labute approximate surface area is 152 Å². The molecule has 2 rings (SSSR count). The Balaban J connectivity index is 2.08. The number of halogens is 1. The molecule has 0 atom stereocenters. The van der Waals surface area contributed by atoms with Gasteiger partial charge in [-0.15, -0.1) is 0 Å². The van der Waals surface area contributed by atoms with Crippen LogP contribution in [-0.4, -0.2) is 28.0 Å². The van der Waals surface area contributed by atoms with Crippen molar-refractivity contribution in [2.75, 3.05) is 19.0 Å². The quantitative estimate of drug-likeness (QED) is 0.804. The minimum atomic E-state index is -3.60. The number of sulfonamides is 1. The third-order valence-electron chi connectivity index (χ3n) is 3.48. The molecule has 8 heteroatoms. The second-order valence-corrected chi connectivity index (χ2v) is 7.72. The number of nitrogens with one attached hydrogen (secondary N) is 2. The average molecular weight is 383 g/mol. The van der Waals surface area contributed by atoms with Crippen LogP contribution in [0.2, 0.25) is 5.02 Å². The summed E-state index contributed by atoms with van der Waals surface area (Å²) in [5.41, 5.74) is 1.90. The highest BCUT2D eigenvalue weighted by Gasteiger charge is 2.16. The summed E-state index contributed by atoms with van der Waals surface area (Å²) in [5.74, 6) is -0.00611. The minimum absolute atomic E-state index is 0.107. The van der Waals surface area contributed by atoms with Gasteiger partial charge in [-0.25, -0.2) is 13.1 Å². The van der Waals surface area contributed by atoms with Crippen LogP contribution in [0.25, 0.3) is 0 Å². The zero-order chi connectivity index (χ0) is 18.6. The van der Waals surface area contributed by atoms with Gasteiger partial charge in [-0.05, 0) is 56.3 Å². The smallest absolute Gasteiger partial charge is 0.262 e. The molecule has 0 unspecified atom stereocenters. The van der Waals surface area contributed by atoms with Crippen molar-refractivity contribution >= 4 is 33.2 Å². The lowest BCUT2D eigenvalue weighted by Gasteiger charge is -2.11. The molecule has 25 heavy (non-hydrogen) atoms. The number of amides is 1. The molecule has 0 aliphatic carbocycles. The lowest BCUT2D eigenvalue weighted by Crippen LogP contribution is -2.22. The fourth-order valence-corrected chi connectivity index (χ4v) is 3.30. The van der Waals surface area contributed by atoms with Crippen LogP contribution >= 0.6 is 11.6 Å². The van der Waals surface area contributed by atoms with E-state index in [2.05, 4.69) is 10.0 Å². The molecule has 0 aliphatic rings. The summed E-state index contributed by atoms with van der Waals surface area (Å²) in [6.07, 6.45) is 0. The van der Waals surface area contributed by atoms with Crippen LogP contribution in [0.1, 0.15) is 11.1 Å². The number of hydrogen-bond acceptors (Lipinski definition) is 4. The van der Waals surface area contributed by atoms with Crippen molar-refractivity contribution in [3.05, 3.63) is 52.5 Å². The first-order valence-electron chi connectivity index (χ1n) is 7.46. The number of anilines is 1. The third-order valence-corrected chi connectivity index (χ3v) is 5.34. The van der Waals surface area contributed by atoms with Crippen LogP contribution in [0.3, 0.4) is 0 Å². The molecule has 2 aromatic carbocycles. The van der Waals surface area contributed by atoms with Crippen molar-refractivity contribution in [2.24, 2.45) is 0 Å². The van der Waals surface area contributed by atoms with Gasteiger partial charge in [0.25, 0.3) is 5.91 Å². The van der Waals surface area contributed by atoms with Crippen molar-refractivity contribution in [1.82, 2.24) is 4.72 Å². The Morgan fingerprint density at radius 3 is 2.56 bits per heavy atom. The van der Waals surface area contributed by atoms with E-state index in [9.17, 15) is 13.2 Å². The van der Waals surface area contributed by atoms with Gasteiger partial charge in [0.05, 0.1) is 9.92 Å². The number of aryl methyl sites for hydroxylation is 2. The van der Waals surface area contributed by atoms with Gasteiger partial charge in [0.2, 0.25) is 10.0 Å². The van der Waals surface area contributed by atoms with Crippen LogP contribution in [0.5, 0.6) is 5.75 Å². The summed E-state index contributed by atoms with van der Waals surface area (Å²) in [5, 5.41) is 3.02. The van der Waals surface area contributed by atoms with Crippen LogP contribution in [0.4, 0.5) is 5.69 Å². The van der Waals surface area contributed by atoms with Crippen molar-refractivity contribution in [1.29, 1.82) is 0 Å². The van der Waals surface area contributed by atoms with Crippen molar-refractivity contribution in [3.63, 3.8) is 0 Å². The minimum Gasteiger partial charge on any atom is -0.482 e. The van der Waals surface area contributed by atoms with E-state index in [0.29, 0.717) is 22.0 Å². The Bertz CT molecular complexity index is 898. The SMILES string of the molecule is CNS(=O)(=O)c1cc(NC(=O)COc2cc(C)ccc2Cl)ccc1C. The zero-order valence-electron chi connectivity index (χ0n) is 14.1. The Morgan fingerprint density at radius 1 is 1.16 bits per heavy atom. The first kappa shape index (κ1) is 19.2. The molecule has 0 saturated heterocycles. The Kier molecular flexibility index (Phi) is 6.05. The second-order valence-electron chi connectivity index (χ2n) is 5.46. The molecule has 0 spiro atoms. The van der Waals surface area contributed by atoms with E-state index in [1.54, 1.807) is 31.2 Å². The maximum Gasteiger partial charge on any atom is 0.262 e. The molecular weight excluding hydrogens is 364 g/mol. The molecule has 0 saturated carbocycles. The lowest BCUT2D eigenvalue weighted by atomic mass is 10.2. The van der Waals surface area contributed by atoms with E-state index >= 15 is 0 Å². The summed E-state index contributed by atoms with van der Waals surface area (Å²) < 4.78 is 31.6. The maximum atomic E-state index is 12.1. The fourth-order valence-electron chi connectivity index (χ4n) is 2.14. The standard InChI is InChI=1S/C17H19ClN2O4S/c1-11-4-7-14(18)15(8-11)24-10-17(21)20-13-6-5-12(2)16(9-13)25(22,23)19-3/h4-9,19H,10H2,1-3H3,(H,20,21). The molecule has 1 amide bonds. The lowest BCUT2D eigenvalue weighted by molar-refractivity contribution is -0.118. The maximum absolute atomic E-state index is 12.1. The van der Waals surface area contributed by atoms with Crippen LogP contribution in [0, 0.1) is 13.8 Å². The van der Waals surface area contributed by atoms with E-state index in [0.717, 1.165) is 5.56 Å². The first-order chi connectivity index (χ1) is 11.7. The number of carbonyl (C=O) groups excluding carboxylic acids is 1. The molecule has 0 radical (unpaired) electrons. The highest BCUT2D eigenvalue weighted by atomic mass is 35.5. The summed E-state index contributed by atoms with van der Waals surface area (Å²) in [4.78, 5) is 12.2. The molecule has 0 heterocycles. The second kappa shape index (κ2) is 7.86. The van der Waals surface area contributed by atoms with Crippen molar-refractivity contribution in [2.45, 2.75) is 18.7 Å². The number of carbonyl (C=O) groups is 1. The van der Waals surface area contributed by atoms with Crippen molar-refractivity contribution < 1.29 is 17.9 Å². The predicted molar refractivity (Wildman–Crippen MR) is 97.7 cm³/mol. The average Bonchev–Trinajstić information content (AvgIpc) is 2.57. The highest BCUT2D eigenvalue weighted by Crippen LogP contribution is 2.25. The van der Waals surface area contributed by atoms with Crippen LogP contribution < -0.4 is 14.8 Å². The monoisotopic (exact) mass is 382 g/mol. The molecule has 2 N–H and O–H groups in total. The Hall–Kier alpha value is -2.09. The van der Waals surface area contributed by atoms with Gasteiger partial charge < -0.3 is 10.1 Å². The number of rotatable bonds is 6. The van der Waals surface area contributed by atoms with Crippen LogP contribution in [-0.2, 0) is 14.8 Å². The van der Waals surface area contributed by atoms with Gasteiger partial charge >= 0.3 is 0 Å². The van der Waals surface area contributed by atoms with Crippen LogP contribution in [0.15, 0.2) is 41.3 Å². The topological polar surface area (TPSA) is 84.5 Å². The number of benzene rings is 2. The summed E-state index contributed by atoms with van der Waals surface area (Å²) in [6, 6.07) is 9.92. The molecule has 2 aromatic rings. The Morgan fingerprint density at radius 2 is 1.88 bits per heavy atom. The van der Waals surface area contributed by atoms with E-state index in [-0.39, 0.29) is 11.5 Å². The van der Waals surface area contributed by atoms with E-state index in [4.69, 9.17) is 16.3 Å². The number of hydrogen-bond donors (Lipinski definition) is 2. The van der Waals surface area contributed by atoms with Gasteiger partial charge in [0.1, 0.15) is 5.75 Å². The van der Waals surface area contributed by atoms with Gasteiger partial charge in [-0.2, -0.15) is 0 Å². The molecule has 6 nitrogen and oxygen atoms in total. The van der Waals surface area contributed by atoms with Gasteiger partial charge in [0, 0.05) is 5.69 Å². The fraction of sp³-hybridized carbons (Fsp3) is 0.235. The first-order valence-corrected chi connectivity index (χ1v) is 9.32. The van der Waals surface area contributed by atoms with E-state index < -0.39 is 15.9 Å². The highest BCUT2D eigenvalue weighted by molar-refractivity contribution is 7.89. The molecule has 0 aromatic heterocycles. The molecular formula is C17H19ClN2O4S. The van der Waals surface area contributed by atoms with Crippen molar-refractivity contribution in [3.8, 4) is 5.75 Å². The molecule has 0 bridgehead atoms. The zero-order valence-corrected chi connectivity index (χ0v) is 15.7. The van der Waals surface area contributed by atoms with Gasteiger partial charge in [0.15, 0.2) is 6.61 Å². The molecule has 0 fully saturated rings. The summed E-state index contributed by atoms with van der Waals surface area (Å²) >= 11 is 6.01. The summed E-state index contributed by atoms with van der Waals surface area (Å²) in [7, 11) is -2.27. The third kappa shape index (κ3) is 4.94. The van der Waals surface area contributed by atoms with E-state index in [1.165, 1.54) is 13.1 Å². The molecule has 0 aliphatic heterocycles. The normalized spacial score (nSPS) is 11.2. The summed E-state index contributed by atoms with van der Waals surface area (Å²) in [6.45, 7) is 3.32. The molecule has 134 valence electrons. The van der Waals surface area contributed by atoms with E-state index in [1.807, 2.05) is 13.0 Å². The van der Waals surface area contributed by atoms with Gasteiger partial charge in [-0.1, -0.05) is 23.7 Å². The van der Waals surface area contributed by atoms with Gasteiger partial charge in [-0.3, -0.25) is 4.79 Å². The predicted octanol–water partition coefficient (Wildman–Crippen LogP) is 2.88. The largest absolute Gasteiger partial charge is 0.482 e.